The SMILES string of the molecule is CNc1cc(C)c(CN)c(NC)n1. The predicted octanol–water partition coefficient (Wildman–Crippen LogP) is 0.932. The fraction of sp³-hybridized carbons (Fsp3) is 0.444. The summed E-state index contributed by atoms with van der Waals surface area (Å²) in [7, 11) is 3.70. The van der Waals surface area contributed by atoms with Crippen LogP contribution in [0.4, 0.5) is 11.6 Å². The lowest BCUT2D eigenvalue weighted by Crippen LogP contribution is -2.08. The molecule has 1 rings (SSSR count). The van der Waals surface area contributed by atoms with E-state index in [1.807, 2.05) is 27.1 Å². The van der Waals surface area contributed by atoms with Crippen molar-refractivity contribution in [3.63, 3.8) is 0 Å². The molecule has 4 heteroatoms. The van der Waals surface area contributed by atoms with Gasteiger partial charge in [-0.15, -0.1) is 0 Å². The minimum Gasteiger partial charge on any atom is -0.373 e. The third kappa shape index (κ3) is 1.89. The molecule has 0 aliphatic heterocycles. The van der Waals surface area contributed by atoms with Crippen LogP contribution in [0.25, 0.3) is 0 Å². The first-order valence-corrected chi connectivity index (χ1v) is 4.29. The highest BCUT2D eigenvalue weighted by Crippen LogP contribution is 2.19. The van der Waals surface area contributed by atoms with E-state index in [1.165, 1.54) is 0 Å². The fourth-order valence-corrected chi connectivity index (χ4v) is 1.29. The van der Waals surface area contributed by atoms with Gasteiger partial charge in [0.25, 0.3) is 0 Å². The smallest absolute Gasteiger partial charge is 0.132 e. The highest BCUT2D eigenvalue weighted by atomic mass is 15.0. The summed E-state index contributed by atoms with van der Waals surface area (Å²) >= 11 is 0. The Labute approximate surface area is 78.6 Å². The van der Waals surface area contributed by atoms with Gasteiger partial charge in [-0.2, -0.15) is 0 Å². The molecule has 4 N–H and O–H groups in total. The fourth-order valence-electron chi connectivity index (χ4n) is 1.29. The third-order valence-corrected chi connectivity index (χ3v) is 2.04. The van der Waals surface area contributed by atoms with Crippen LogP contribution < -0.4 is 16.4 Å². The molecule has 13 heavy (non-hydrogen) atoms. The largest absolute Gasteiger partial charge is 0.373 e. The van der Waals surface area contributed by atoms with E-state index in [1.54, 1.807) is 0 Å². The molecule has 0 aliphatic carbocycles. The number of aryl methyl sites for hydroxylation is 1. The van der Waals surface area contributed by atoms with E-state index in [4.69, 9.17) is 5.73 Å². The summed E-state index contributed by atoms with van der Waals surface area (Å²) in [6, 6.07) is 1.99. The average molecular weight is 180 g/mol. The normalized spacial score (nSPS) is 9.85. The summed E-state index contributed by atoms with van der Waals surface area (Å²) in [6.45, 7) is 2.55. The maximum Gasteiger partial charge on any atom is 0.132 e. The van der Waals surface area contributed by atoms with E-state index in [0.29, 0.717) is 6.54 Å². The molecule has 0 aliphatic rings. The summed E-state index contributed by atoms with van der Waals surface area (Å²) in [5, 5.41) is 6.03. The van der Waals surface area contributed by atoms with E-state index < -0.39 is 0 Å². The lowest BCUT2D eigenvalue weighted by molar-refractivity contribution is 1.02. The van der Waals surface area contributed by atoms with Crippen LogP contribution in [0.15, 0.2) is 6.07 Å². The summed E-state index contributed by atoms with van der Waals surface area (Å²) < 4.78 is 0. The molecule has 0 fully saturated rings. The van der Waals surface area contributed by atoms with Crippen molar-refractivity contribution in [3.05, 3.63) is 17.2 Å². The molecule has 0 unspecified atom stereocenters. The molecule has 0 saturated carbocycles. The number of hydrogen-bond acceptors (Lipinski definition) is 4. The standard InChI is InChI=1S/C9H16N4/c1-6-4-8(11-2)13-9(12-3)7(6)5-10/h4H,5,10H2,1-3H3,(H2,11,12,13). The quantitative estimate of drug-likeness (QED) is 0.647. The van der Waals surface area contributed by atoms with E-state index in [9.17, 15) is 0 Å². The molecule has 1 aromatic rings. The minimum absolute atomic E-state index is 0.513. The molecule has 0 amide bonds. The summed E-state index contributed by atoms with van der Waals surface area (Å²) in [6.07, 6.45) is 0. The number of pyridine rings is 1. The number of nitrogens with zero attached hydrogens (tertiary/aromatic N) is 1. The Balaban J connectivity index is 3.20. The molecule has 0 atom stereocenters. The molecule has 1 aromatic heterocycles. The van der Waals surface area contributed by atoms with Crippen LogP contribution in [0.1, 0.15) is 11.1 Å². The maximum atomic E-state index is 5.62. The number of rotatable bonds is 3. The van der Waals surface area contributed by atoms with Gasteiger partial charge in [-0.25, -0.2) is 4.98 Å². The zero-order chi connectivity index (χ0) is 9.84. The van der Waals surface area contributed by atoms with Crippen LogP contribution in [0.2, 0.25) is 0 Å². The van der Waals surface area contributed by atoms with E-state index in [-0.39, 0.29) is 0 Å². The van der Waals surface area contributed by atoms with Gasteiger partial charge in [0.05, 0.1) is 0 Å². The van der Waals surface area contributed by atoms with Crippen molar-refractivity contribution >= 4 is 11.6 Å². The predicted molar refractivity (Wildman–Crippen MR) is 56.0 cm³/mol. The molecule has 0 aromatic carbocycles. The van der Waals surface area contributed by atoms with Crippen molar-refractivity contribution in [2.75, 3.05) is 24.7 Å². The molecule has 4 nitrogen and oxygen atoms in total. The van der Waals surface area contributed by atoms with Gasteiger partial charge in [0.2, 0.25) is 0 Å². The molecule has 0 radical (unpaired) electrons. The first-order chi connectivity index (χ1) is 6.22. The Morgan fingerprint density at radius 1 is 1.38 bits per heavy atom. The lowest BCUT2D eigenvalue weighted by atomic mass is 10.1. The van der Waals surface area contributed by atoms with Gasteiger partial charge >= 0.3 is 0 Å². The first-order valence-electron chi connectivity index (χ1n) is 4.29. The second kappa shape index (κ2) is 4.09. The van der Waals surface area contributed by atoms with Gasteiger partial charge in [0.1, 0.15) is 11.6 Å². The van der Waals surface area contributed by atoms with Crippen molar-refractivity contribution in [1.29, 1.82) is 0 Å². The number of nitrogens with two attached hydrogens (primary N) is 1. The highest BCUT2D eigenvalue weighted by molar-refractivity contribution is 5.54. The number of anilines is 2. The van der Waals surface area contributed by atoms with Crippen molar-refractivity contribution < 1.29 is 0 Å². The van der Waals surface area contributed by atoms with Crippen molar-refractivity contribution in [1.82, 2.24) is 4.98 Å². The van der Waals surface area contributed by atoms with Crippen LogP contribution in [0.3, 0.4) is 0 Å². The van der Waals surface area contributed by atoms with Crippen molar-refractivity contribution in [2.45, 2.75) is 13.5 Å². The molecule has 0 bridgehead atoms. The van der Waals surface area contributed by atoms with E-state index in [0.717, 1.165) is 22.8 Å². The highest BCUT2D eigenvalue weighted by Gasteiger charge is 2.05. The van der Waals surface area contributed by atoms with Gasteiger partial charge in [0.15, 0.2) is 0 Å². The Hall–Kier alpha value is -1.29. The van der Waals surface area contributed by atoms with Gasteiger partial charge < -0.3 is 16.4 Å². The summed E-state index contributed by atoms with van der Waals surface area (Å²) in [5.41, 5.74) is 7.85. The maximum absolute atomic E-state index is 5.62. The first kappa shape index (κ1) is 9.80. The zero-order valence-corrected chi connectivity index (χ0v) is 8.31. The number of nitrogens with one attached hydrogen (secondary N) is 2. The minimum atomic E-state index is 0.513. The molecule has 0 spiro atoms. The molecule has 1 heterocycles. The Bertz CT molecular complexity index is 296. The third-order valence-electron chi connectivity index (χ3n) is 2.04. The molecular formula is C9H16N4. The topological polar surface area (TPSA) is 63.0 Å². The van der Waals surface area contributed by atoms with Gasteiger partial charge in [-0.3, -0.25) is 0 Å². The lowest BCUT2D eigenvalue weighted by Gasteiger charge is -2.11. The Morgan fingerprint density at radius 2 is 2.08 bits per heavy atom. The number of aromatic nitrogens is 1. The monoisotopic (exact) mass is 180 g/mol. The summed E-state index contributed by atoms with van der Waals surface area (Å²) in [4.78, 5) is 4.34. The van der Waals surface area contributed by atoms with E-state index >= 15 is 0 Å². The van der Waals surface area contributed by atoms with E-state index in [2.05, 4.69) is 15.6 Å². The van der Waals surface area contributed by atoms with Crippen LogP contribution in [0.5, 0.6) is 0 Å². The van der Waals surface area contributed by atoms with Gasteiger partial charge in [-0.1, -0.05) is 0 Å². The van der Waals surface area contributed by atoms with Gasteiger partial charge in [0, 0.05) is 26.2 Å². The summed E-state index contributed by atoms with van der Waals surface area (Å²) in [5.74, 6) is 1.71. The Kier molecular flexibility index (Phi) is 3.08. The molecular weight excluding hydrogens is 164 g/mol. The zero-order valence-electron chi connectivity index (χ0n) is 8.31. The second-order valence-electron chi connectivity index (χ2n) is 2.86. The van der Waals surface area contributed by atoms with Crippen molar-refractivity contribution in [2.24, 2.45) is 5.73 Å². The molecule has 0 saturated heterocycles. The van der Waals surface area contributed by atoms with Crippen LogP contribution in [0, 0.1) is 6.92 Å². The Morgan fingerprint density at radius 3 is 2.54 bits per heavy atom. The van der Waals surface area contributed by atoms with Crippen LogP contribution in [-0.4, -0.2) is 19.1 Å². The van der Waals surface area contributed by atoms with Crippen LogP contribution in [-0.2, 0) is 6.54 Å². The second-order valence-corrected chi connectivity index (χ2v) is 2.86. The van der Waals surface area contributed by atoms with Crippen molar-refractivity contribution in [3.8, 4) is 0 Å². The van der Waals surface area contributed by atoms with Gasteiger partial charge in [-0.05, 0) is 18.6 Å². The van der Waals surface area contributed by atoms with Crippen LogP contribution >= 0.6 is 0 Å². The molecule has 72 valence electrons. The number of hydrogen-bond donors (Lipinski definition) is 3. The average Bonchev–Trinajstić information content (AvgIpc) is 2.16.